The van der Waals surface area contributed by atoms with Crippen molar-refractivity contribution in [1.29, 1.82) is 0 Å². The van der Waals surface area contributed by atoms with Gasteiger partial charge in [-0.2, -0.15) is 0 Å². The average molecular weight is 371 g/mol. The third kappa shape index (κ3) is 3.53. The average Bonchev–Trinajstić information content (AvgIpc) is 2.74. The number of hydrogen-bond acceptors (Lipinski definition) is 5. The lowest BCUT2D eigenvalue weighted by atomic mass is 10.0. The van der Waals surface area contributed by atoms with Crippen LogP contribution in [0.1, 0.15) is 11.3 Å². The largest absolute Gasteiger partial charge is 0.497 e. The topological polar surface area (TPSA) is 78.2 Å². The second-order valence-corrected chi connectivity index (χ2v) is 6.34. The summed E-state index contributed by atoms with van der Waals surface area (Å²) in [6.07, 6.45) is 0.591. The van der Waals surface area contributed by atoms with E-state index in [0.29, 0.717) is 6.42 Å². The van der Waals surface area contributed by atoms with E-state index in [1.807, 2.05) is 48.5 Å². The number of nitrogens with zero attached hydrogens (tertiary/aromatic N) is 3. The summed E-state index contributed by atoms with van der Waals surface area (Å²) in [6, 6.07) is 21.9. The van der Waals surface area contributed by atoms with Crippen LogP contribution in [0.3, 0.4) is 0 Å². The van der Waals surface area contributed by atoms with Crippen molar-refractivity contribution in [3.8, 4) is 17.0 Å². The van der Waals surface area contributed by atoms with Gasteiger partial charge in [0.1, 0.15) is 5.75 Å². The second-order valence-electron chi connectivity index (χ2n) is 6.34. The lowest BCUT2D eigenvalue weighted by molar-refractivity contribution is -0.384. The van der Waals surface area contributed by atoms with Crippen molar-refractivity contribution in [3.63, 3.8) is 0 Å². The summed E-state index contributed by atoms with van der Waals surface area (Å²) >= 11 is 0. The Morgan fingerprint density at radius 1 is 0.893 bits per heavy atom. The van der Waals surface area contributed by atoms with Gasteiger partial charge in [0.2, 0.25) is 0 Å². The van der Waals surface area contributed by atoms with Gasteiger partial charge < -0.3 is 4.74 Å². The van der Waals surface area contributed by atoms with E-state index in [1.165, 1.54) is 12.1 Å². The fourth-order valence-corrected chi connectivity index (χ4v) is 3.07. The number of benzene rings is 3. The first-order chi connectivity index (χ1) is 13.6. The molecule has 0 aliphatic heterocycles. The summed E-state index contributed by atoms with van der Waals surface area (Å²) in [6.45, 7) is 0. The van der Waals surface area contributed by atoms with Crippen LogP contribution in [0, 0.1) is 10.1 Å². The maximum absolute atomic E-state index is 11.0. The SMILES string of the molecule is COc1ccc(Cc2nc3ccccc3nc2-c2ccc([N+](=O)[O-])cc2)cc1. The van der Waals surface area contributed by atoms with E-state index >= 15 is 0 Å². The van der Waals surface area contributed by atoms with Gasteiger partial charge in [-0.05, 0) is 42.0 Å². The van der Waals surface area contributed by atoms with Crippen molar-refractivity contribution >= 4 is 16.7 Å². The minimum absolute atomic E-state index is 0.0502. The molecular weight excluding hydrogens is 354 g/mol. The number of rotatable bonds is 5. The van der Waals surface area contributed by atoms with Crippen LogP contribution in [-0.4, -0.2) is 22.0 Å². The second kappa shape index (κ2) is 7.44. The first-order valence-corrected chi connectivity index (χ1v) is 8.77. The zero-order valence-electron chi connectivity index (χ0n) is 15.2. The van der Waals surface area contributed by atoms with Gasteiger partial charge >= 0.3 is 0 Å². The lowest BCUT2D eigenvalue weighted by Gasteiger charge is -2.11. The molecule has 3 aromatic carbocycles. The zero-order chi connectivity index (χ0) is 19.5. The molecule has 0 fully saturated rings. The van der Waals surface area contributed by atoms with Crippen LogP contribution >= 0.6 is 0 Å². The first-order valence-electron chi connectivity index (χ1n) is 8.77. The van der Waals surface area contributed by atoms with Crippen molar-refractivity contribution < 1.29 is 9.66 Å². The standard InChI is InChI=1S/C22H17N3O3/c1-28-18-12-6-15(7-13-18)14-21-22(16-8-10-17(11-9-16)25(26)27)24-20-5-3-2-4-19(20)23-21/h2-13H,14H2,1H3. The molecule has 138 valence electrons. The number of fused-ring (bicyclic) bond motifs is 1. The van der Waals surface area contributed by atoms with Crippen molar-refractivity contribution in [1.82, 2.24) is 9.97 Å². The molecule has 4 rings (SSSR count). The highest BCUT2D eigenvalue weighted by Gasteiger charge is 2.13. The lowest BCUT2D eigenvalue weighted by Crippen LogP contribution is -2.00. The van der Waals surface area contributed by atoms with E-state index in [-0.39, 0.29) is 5.69 Å². The number of hydrogen-bond donors (Lipinski definition) is 0. The number of nitro groups is 1. The number of non-ortho nitro benzene ring substituents is 1. The fourth-order valence-electron chi connectivity index (χ4n) is 3.07. The van der Waals surface area contributed by atoms with Crippen LogP contribution < -0.4 is 4.74 Å². The molecule has 0 spiro atoms. The van der Waals surface area contributed by atoms with Crippen LogP contribution in [0.25, 0.3) is 22.3 Å². The van der Waals surface area contributed by atoms with Gasteiger partial charge in [-0.15, -0.1) is 0 Å². The minimum atomic E-state index is -0.409. The molecule has 6 heteroatoms. The zero-order valence-corrected chi connectivity index (χ0v) is 15.2. The van der Waals surface area contributed by atoms with Crippen LogP contribution in [0.2, 0.25) is 0 Å². The van der Waals surface area contributed by atoms with E-state index < -0.39 is 4.92 Å². The van der Waals surface area contributed by atoms with Crippen LogP contribution in [-0.2, 0) is 6.42 Å². The molecule has 0 N–H and O–H groups in total. The van der Waals surface area contributed by atoms with Gasteiger partial charge in [0.05, 0.1) is 34.5 Å². The van der Waals surface area contributed by atoms with E-state index in [2.05, 4.69) is 0 Å². The monoisotopic (exact) mass is 371 g/mol. The maximum atomic E-state index is 11.0. The highest BCUT2D eigenvalue weighted by atomic mass is 16.6. The third-order valence-corrected chi connectivity index (χ3v) is 4.52. The van der Waals surface area contributed by atoms with E-state index in [1.54, 1.807) is 19.2 Å². The van der Waals surface area contributed by atoms with E-state index in [9.17, 15) is 10.1 Å². The summed E-state index contributed by atoms with van der Waals surface area (Å²) in [4.78, 5) is 20.2. The number of ether oxygens (including phenoxy) is 1. The number of para-hydroxylation sites is 2. The highest BCUT2D eigenvalue weighted by Crippen LogP contribution is 2.27. The molecular formula is C22H17N3O3. The molecule has 0 amide bonds. The van der Waals surface area contributed by atoms with E-state index in [0.717, 1.165) is 39.3 Å². The molecule has 0 atom stereocenters. The van der Waals surface area contributed by atoms with Crippen molar-refractivity contribution in [2.75, 3.05) is 7.11 Å². The van der Waals surface area contributed by atoms with Crippen molar-refractivity contribution in [2.45, 2.75) is 6.42 Å². The number of nitro benzene ring substituents is 1. The summed E-state index contributed by atoms with van der Waals surface area (Å²) in [5.74, 6) is 0.795. The van der Waals surface area contributed by atoms with Crippen LogP contribution in [0.15, 0.2) is 72.8 Å². The van der Waals surface area contributed by atoms with Crippen molar-refractivity contribution in [3.05, 3.63) is 94.2 Å². The Labute approximate surface area is 161 Å². The predicted octanol–water partition coefficient (Wildman–Crippen LogP) is 4.80. The third-order valence-electron chi connectivity index (χ3n) is 4.52. The maximum Gasteiger partial charge on any atom is 0.269 e. The molecule has 0 unspecified atom stereocenters. The summed E-state index contributed by atoms with van der Waals surface area (Å²) < 4.78 is 5.22. The molecule has 0 radical (unpaired) electrons. The summed E-state index contributed by atoms with van der Waals surface area (Å²) in [5, 5.41) is 11.0. The van der Waals surface area contributed by atoms with Gasteiger partial charge in [-0.1, -0.05) is 24.3 Å². The number of aromatic nitrogens is 2. The molecule has 1 heterocycles. The van der Waals surface area contributed by atoms with Crippen LogP contribution in [0.4, 0.5) is 5.69 Å². The molecule has 0 bridgehead atoms. The molecule has 1 aromatic heterocycles. The quantitative estimate of drug-likeness (QED) is 0.372. The molecule has 0 aliphatic rings. The molecule has 6 nitrogen and oxygen atoms in total. The Morgan fingerprint density at radius 3 is 2.14 bits per heavy atom. The highest BCUT2D eigenvalue weighted by molar-refractivity contribution is 5.78. The molecule has 0 aliphatic carbocycles. The first kappa shape index (κ1) is 17.6. The predicted molar refractivity (Wildman–Crippen MR) is 107 cm³/mol. The number of methoxy groups -OCH3 is 1. The van der Waals surface area contributed by atoms with Gasteiger partial charge in [-0.25, -0.2) is 9.97 Å². The summed E-state index contributed by atoms with van der Waals surface area (Å²) in [7, 11) is 1.64. The van der Waals surface area contributed by atoms with Crippen LogP contribution in [0.5, 0.6) is 5.75 Å². The smallest absolute Gasteiger partial charge is 0.269 e. The molecule has 4 aromatic rings. The Kier molecular flexibility index (Phi) is 4.68. The molecule has 28 heavy (non-hydrogen) atoms. The fraction of sp³-hybridized carbons (Fsp3) is 0.0909. The van der Waals surface area contributed by atoms with Gasteiger partial charge in [0, 0.05) is 24.1 Å². The Morgan fingerprint density at radius 2 is 1.54 bits per heavy atom. The van der Waals surface area contributed by atoms with Gasteiger partial charge in [0.25, 0.3) is 5.69 Å². The Balaban J connectivity index is 1.80. The molecule has 0 saturated heterocycles. The molecule has 0 saturated carbocycles. The van der Waals surface area contributed by atoms with E-state index in [4.69, 9.17) is 14.7 Å². The van der Waals surface area contributed by atoms with Crippen molar-refractivity contribution in [2.24, 2.45) is 0 Å². The van der Waals surface area contributed by atoms with Gasteiger partial charge in [-0.3, -0.25) is 10.1 Å². The van der Waals surface area contributed by atoms with Gasteiger partial charge in [0.15, 0.2) is 0 Å². The Bertz CT molecular complexity index is 1140. The Hall–Kier alpha value is -3.80. The normalized spacial score (nSPS) is 10.8. The minimum Gasteiger partial charge on any atom is -0.497 e. The summed E-state index contributed by atoms with van der Waals surface area (Å²) in [5.41, 5.74) is 5.07.